The number of carboxylic acid groups (broad SMARTS) is 1. The normalized spacial score (nSPS) is 9.85. The molecule has 100 valence electrons. The molecule has 0 radical (unpaired) electrons. The summed E-state index contributed by atoms with van der Waals surface area (Å²) < 4.78 is 0. The lowest BCUT2D eigenvalue weighted by Gasteiger charge is -2.21. The number of hydrogen-bond acceptors (Lipinski definition) is 3. The average Bonchev–Trinajstić information content (AvgIpc) is 2.45. The fourth-order valence-corrected chi connectivity index (χ4v) is 2.03. The van der Waals surface area contributed by atoms with Gasteiger partial charge in [-0.2, -0.15) is 5.26 Å². The lowest BCUT2D eigenvalue weighted by Crippen LogP contribution is -2.12. The predicted octanol–water partition coefficient (Wildman–Crippen LogP) is 3.33. The summed E-state index contributed by atoms with van der Waals surface area (Å²) in [6.45, 7) is 2.00. The Hall–Kier alpha value is -2.80. The first-order valence-corrected chi connectivity index (χ1v) is 6.11. The van der Waals surface area contributed by atoms with E-state index in [0.717, 1.165) is 11.3 Å². The third kappa shape index (κ3) is 2.62. The Balaban J connectivity index is 2.47. The van der Waals surface area contributed by atoms with Crippen LogP contribution in [-0.2, 0) is 0 Å². The van der Waals surface area contributed by atoms with E-state index in [9.17, 15) is 10.1 Å². The number of nitrogens with zero attached hydrogens (tertiary/aromatic N) is 2. The third-order valence-corrected chi connectivity index (χ3v) is 3.11. The van der Waals surface area contributed by atoms with Gasteiger partial charge in [0.1, 0.15) is 6.07 Å². The van der Waals surface area contributed by atoms with Gasteiger partial charge in [0.2, 0.25) is 0 Å². The smallest absolute Gasteiger partial charge is 0.335 e. The van der Waals surface area contributed by atoms with Crippen LogP contribution in [0.3, 0.4) is 0 Å². The molecule has 0 aliphatic heterocycles. The van der Waals surface area contributed by atoms with Crippen LogP contribution in [0.25, 0.3) is 0 Å². The second-order valence-corrected chi connectivity index (χ2v) is 4.55. The van der Waals surface area contributed by atoms with E-state index in [2.05, 4.69) is 6.07 Å². The van der Waals surface area contributed by atoms with Crippen LogP contribution in [0.15, 0.2) is 42.5 Å². The minimum atomic E-state index is -1.04. The van der Waals surface area contributed by atoms with Crippen LogP contribution < -0.4 is 4.90 Å². The lowest BCUT2D eigenvalue weighted by molar-refractivity contribution is 0.0697. The Bertz CT molecular complexity index is 702. The second kappa shape index (κ2) is 5.45. The molecule has 0 aromatic heterocycles. The summed E-state index contributed by atoms with van der Waals surface area (Å²) in [5.74, 6) is -1.04. The number of aromatic carboxylic acids is 1. The van der Waals surface area contributed by atoms with Gasteiger partial charge < -0.3 is 10.0 Å². The van der Waals surface area contributed by atoms with Gasteiger partial charge in [-0.05, 0) is 42.8 Å². The van der Waals surface area contributed by atoms with Gasteiger partial charge in [0.05, 0.1) is 16.8 Å². The highest BCUT2D eigenvalue weighted by molar-refractivity contribution is 5.89. The van der Waals surface area contributed by atoms with Crippen molar-refractivity contribution in [3.8, 4) is 6.07 Å². The molecule has 1 N–H and O–H groups in total. The molecule has 0 spiro atoms. The Kier molecular flexibility index (Phi) is 3.72. The first-order valence-electron chi connectivity index (χ1n) is 6.11. The van der Waals surface area contributed by atoms with Crippen molar-refractivity contribution in [1.82, 2.24) is 0 Å². The Morgan fingerprint density at radius 2 is 2.00 bits per heavy atom. The second-order valence-electron chi connectivity index (χ2n) is 4.55. The van der Waals surface area contributed by atoms with Crippen LogP contribution in [-0.4, -0.2) is 18.1 Å². The molecule has 2 aromatic rings. The zero-order chi connectivity index (χ0) is 14.7. The van der Waals surface area contributed by atoms with Crippen molar-refractivity contribution in [1.29, 1.82) is 5.26 Å². The van der Waals surface area contributed by atoms with E-state index in [1.165, 1.54) is 12.1 Å². The molecule has 0 amide bonds. The van der Waals surface area contributed by atoms with Gasteiger partial charge in [-0.25, -0.2) is 4.79 Å². The molecule has 0 fully saturated rings. The van der Waals surface area contributed by atoms with Crippen molar-refractivity contribution in [2.45, 2.75) is 6.92 Å². The van der Waals surface area contributed by atoms with E-state index in [1.54, 1.807) is 6.07 Å². The number of hydrogen-bond donors (Lipinski definition) is 1. The SMILES string of the molecule is Cc1cccc(N(C)c2ccc(C(=O)O)cc2C#N)c1. The topological polar surface area (TPSA) is 64.3 Å². The number of carboxylic acids is 1. The quantitative estimate of drug-likeness (QED) is 0.925. The van der Waals surface area contributed by atoms with E-state index in [1.807, 2.05) is 43.1 Å². The van der Waals surface area contributed by atoms with E-state index < -0.39 is 5.97 Å². The summed E-state index contributed by atoms with van der Waals surface area (Å²) in [5, 5.41) is 18.2. The van der Waals surface area contributed by atoms with Crippen molar-refractivity contribution in [2.24, 2.45) is 0 Å². The highest BCUT2D eigenvalue weighted by atomic mass is 16.4. The maximum Gasteiger partial charge on any atom is 0.335 e. The minimum Gasteiger partial charge on any atom is -0.478 e. The molecule has 0 unspecified atom stereocenters. The molecular weight excluding hydrogens is 252 g/mol. The van der Waals surface area contributed by atoms with Crippen LogP contribution in [0.1, 0.15) is 21.5 Å². The average molecular weight is 266 g/mol. The fraction of sp³-hybridized carbons (Fsp3) is 0.125. The first-order chi connectivity index (χ1) is 9.52. The van der Waals surface area contributed by atoms with Gasteiger partial charge in [-0.15, -0.1) is 0 Å². The molecule has 0 aliphatic rings. The number of nitriles is 1. The lowest BCUT2D eigenvalue weighted by atomic mass is 10.1. The molecule has 0 saturated heterocycles. The van der Waals surface area contributed by atoms with Crippen molar-refractivity contribution >= 4 is 17.3 Å². The molecule has 2 rings (SSSR count). The fourth-order valence-electron chi connectivity index (χ4n) is 2.03. The van der Waals surface area contributed by atoms with Crippen LogP contribution >= 0.6 is 0 Å². The van der Waals surface area contributed by atoms with Gasteiger partial charge in [0.15, 0.2) is 0 Å². The van der Waals surface area contributed by atoms with Gasteiger partial charge in [0, 0.05) is 12.7 Å². The number of carbonyl (C=O) groups is 1. The third-order valence-electron chi connectivity index (χ3n) is 3.11. The molecule has 20 heavy (non-hydrogen) atoms. The van der Waals surface area contributed by atoms with E-state index in [0.29, 0.717) is 11.3 Å². The van der Waals surface area contributed by atoms with E-state index in [4.69, 9.17) is 5.11 Å². The minimum absolute atomic E-state index is 0.114. The van der Waals surface area contributed by atoms with E-state index >= 15 is 0 Å². The standard InChI is InChI=1S/C16H14N2O2/c1-11-4-3-5-14(8-11)18(2)15-7-6-12(16(19)20)9-13(15)10-17/h3-9H,1-2H3,(H,19,20). The molecular formula is C16H14N2O2. The Morgan fingerprint density at radius 1 is 1.25 bits per heavy atom. The largest absolute Gasteiger partial charge is 0.478 e. The highest BCUT2D eigenvalue weighted by Crippen LogP contribution is 2.28. The molecule has 0 bridgehead atoms. The number of anilines is 2. The summed E-state index contributed by atoms with van der Waals surface area (Å²) in [6, 6.07) is 14.5. The summed E-state index contributed by atoms with van der Waals surface area (Å²) >= 11 is 0. The van der Waals surface area contributed by atoms with Crippen molar-refractivity contribution in [2.75, 3.05) is 11.9 Å². The van der Waals surface area contributed by atoms with Gasteiger partial charge >= 0.3 is 5.97 Å². The molecule has 0 heterocycles. The molecule has 0 saturated carbocycles. The Labute approximate surface area is 117 Å². The summed E-state index contributed by atoms with van der Waals surface area (Å²) in [5.41, 5.74) is 3.21. The zero-order valence-electron chi connectivity index (χ0n) is 11.3. The molecule has 0 atom stereocenters. The van der Waals surface area contributed by atoms with Gasteiger partial charge in [-0.3, -0.25) is 0 Å². The maximum atomic E-state index is 10.9. The summed E-state index contributed by atoms with van der Waals surface area (Å²) in [6.07, 6.45) is 0. The summed E-state index contributed by atoms with van der Waals surface area (Å²) in [7, 11) is 1.85. The first kappa shape index (κ1) is 13.6. The molecule has 4 heteroatoms. The van der Waals surface area contributed by atoms with Gasteiger partial charge in [0.25, 0.3) is 0 Å². The zero-order valence-corrected chi connectivity index (χ0v) is 11.3. The van der Waals surface area contributed by atoms with Crippen LogP contribution in [0, 0.1) is 18.3 Å². The maximum absolute atomic E-state index is 10.9. The highest BCUT2D eigenvalue weighted by Gasteiger charge is 2.12. The number of rotatable bonds is 3. The van der Waals surface area contributed by atoms with Crippen molar-refractivity contribution in [3.63, 3.8) is 0 Å². The molecule has 0 aliphatic carbocycles. The number of benzene rings is 2. The van der Waals surface area contributed by atoms with E-state index in [-0.39, 0.29) is 5.56 Å². The van der Waals surface area contributed by atoms with Crippen LogP contribution in [0.4, 0.5) is 11.4 Å². The molecule has 4 nitrogen and oxygen atoms in total. The van der Waals surface area contributed by atoms with Gasteiger partial charge in [-0.1, -0.05) is 12.1 Å². The Morgan fingerprint density at radius 3 is 2.60 bits per heavy atom. The monoisotopic (exact) mass is 266 g/mol. The van der Waals surface area contributed by atoms with Crippen molar-refractivity contribution < 1.29 is 9.90 Å². The van der Waals surface area contributed by atoms with Crippen LogP contribution in [0.2, 0.25) is 0 Å². The predicted molar refractivity (Wildman–Crippen MR) is 77.4 cm³/mol. The summed E-state index contributed by atoms with van der Waals surface area (Å²) in [4.78, 5) is 12.8. The van der Waals surface area contributed by atoms with Crippen molar-refractivity contribution in [3.05, 3.63) is 59.2 Å². The number of aryl methyl sites for hydroxylation is 1. The van der Waals surface area contributed by atoms with Crippen LogP contribution in [0.5, 0.6) is 0 Å². The molecule has 2 aromatic carbocycles.